The lowest BCUT2D eigenvalue weighted by Gasteiger charge is -2.39. The lowest BCUT2D eigenvalue weighted by Crippen LogP contribution is -2.51. The summed E-state index contributed by atoms with van der Waals surface area (Å²) in [4.78, 5) is 27.4. The van der Waals surface area contributed by atoms with Crippen molar-refractivity contribution in [3.8, 4) is 11.1 Å². The first kappa shape index (κ1) is 24.8. The Balaban J connectivity index is 1.18. The van der Waals surface area contributed by atoms with Gasteiger partial charge < -0.3 is 9.64 Å². The predicted molar refractivity (Wildman–Crippen MR) is 141 cm³/mol. The Labute approximate surface area is 215 Å². The molecule has 0 bridgehead atoms. The van der Waals surface area contributed by atoms with Crippen molar-refractivity contribution in [2.24, 2.45) is 5.92 Å². The van der Waals surface area contributed by atoms with Crippen molar-refractivity contribution in [3.05, 3.63) is 89.4 Å². The third-order valence-electron chi connectivity index (χ3n) is 6.95. The molecule has 0 unspecified atom stereocenters. The molecule has 0 radical (unpaired) electrons. The Morgan fingerprint density at radius 1 is 1.03 bits per heavy atom. The molecule has 0 atom stereocenters. The lowest BCUT2D eigenvalue weighted by atomic mass is 9.98. The average Bonchev–Trinajstić information content (AvgIpc) is 3.27. The van der Waals surface area contributed by atoms with Crippen LogP contribution in [0.2, 0.25) is 0 Å². The predicted octanol–water partition coefficient (Wildman–Crippen LogP) is 5.53. The first-order valence-corrected chi connectivity index (χ1v) is 12.6. The fraction of sp³-hybridized carbons (Fsp3) is 0.300. The minimum absolute atomic E-state index is 0.0137. The quantitative estimate of drug-likeness (QED) is 0.224. The molecule has 1 saturated heterocycles. The molecule has 1 aliphatic heterocycles. The van der Waals surface area contributed by atoms with Gasteiger partial charge in [0.2, 0.25) is 0 Å². The normalized spacial score (nSPS) is 13.6. The monoisotopic (exact) mass is 499 g/mol. The summed E-state index contributed by atoms with van der Waals surface area (Å²) in [7, 11) is 1.64. The van der Waals surface area contributed by atoms with Crippen LogP contribution in [-0.4, -0.2) is 53.2 Å². The molecule has 6 nitrogen and oxygen atoms in total. The zero-order valence-corrected chi connectivity index (χ0v) is 21.1. The summed E-state index contributed by atoms with van der Waals surface area (Å²) < 4.78 is 20.1. The van der Waals surface area contributed by atoms with Crippen LogP contribution in [0.3, 0.4) is 0 Å². The number of benzene rings is 3. The molecule has 190 valence electrons. The van der Waals surface area contributed by atoms with Crippen LogP contribution in [-0.2, 0) is 11.3 Å². The van der Waals surface area contributed by atoms with Crippen LogP contribution in [0, 0.1) is 18.7 Å². The van der Waals surface area contributed by atoms with Gasteiger partial charge in [-0.2, -0.15) is 5.10 Å². The van der Waals surface area contributed by atoms with Crippen molar-refractivity contribution in [3.63, 3.8) is 0 Å². The number of ketones is 1. The number of fused-ring (bicyclic) bond motifs is 1. The lowest BCUT2D eigenvalue weighted by molar-refractivity contribution is 0.0462. The minimum Gasteiger partial charge on any atom is -0.385 e. The second kappa shape index (κ2) is 10.6. The van der Waals surface area contributed by atoms with Crippen molar-refractivity contribution in [1.29, 1.82) is 0 Å². The van der Waals surface area contributed by atoms with Gasteiger partial charge in [-0.3, -0.25) is 14.3 Å². The second-order valence-electron chi connectivity index (χ2n) is 9.76. The number of amides is 1. The molecule has 4 aromatic rings. The first-order chi connectivity index (χ1) is 17.9. The van der Waals surface area contributed by atoms with E-state index in [1.54, 1.807) is 19.2 Å². The van der Waals surface area contributed by atoms with Crippen LogP contribution in [0.4, 0.5) is 4.39 Å². The highest BCUT2D eigenvalue weighted by atomic mass is 19.1. The van der Waals surface area contributed by atoms with Gasteiger partial charge in [-0.25, -0.2) is 4.39 Å². The van der Waals surface area contributed by atoms with Crippen molar-refractivity contribution >= 4 is 22.6 Å². The number of rotatable bonds is 9. The molecule has 1 aliphatic rings. The number of likely N-dealkylation sites (tertiary alicyclic amines) is 1. The Morgan fingerprint density at radius 3 is 2.38 bits per heavy atom. The number of nitrogens with zero attached hydrogens (tertiary/aromatic N) is 3. The number of halogens is 1. The number of hydrogen-bond donors (Lipinski definition) is 0. The number of aryl methyl sites for hydroxylation is 1. The van der Waals surface area contributed by atoms with E-state index in [2.05, 4.69) is 0 Å². The van der Waals surface area contributed by atoms with Crippen molar-refractivity contribution in [2.75, 3.05) is 26.8 Å². The average molecular weight is 500 g/mol. The van der Waals surface area contributed by atoms with Gasteiger partial charge in [-0.05, 0) is 66.4 Å². The number of hydrogen-bond acceptors (Lipinski definition) is 4. The smallest absolute Gasteiger partial charge is 0.253 e. The molecule has 0 saturated carbocycles. The fourth-order valence-corrected chi connectivity index (χ4v) is 4.88. The van der Waals surface area contributed by atoms with E-state index in [1.807, 2.05) is 59.1 Å². The topological polar surface area (TPSA) is 64.4 Å². The maximum Gasteiger partial charge on any atom is 0.253 e. The summed E-state index contributed by atoms with van der Waals surface area (Å²) in [5, 5.41) is 5.65. The number of carbonyl (C=O) groups excluding carboxylic acids is 2. The Hall–Kier alpha value is -3.84. The van der Waals surface area contributed by atoms with E-state index >= 15 is 0 Å². The molecule has 37 heavy (non-hydrogen) atoms. The zero-order valence-electron chi connectivity index (χ0n) is 21.1. The molecule has 1 fully saturated rings. The first-order valence-electron chi connectivity index (χ1n) is 12.6. The van der Waals surface area contributed by atoms with E-state index in [0.29, 0.717) is 44.0 Å². The summed E-state index contributed by atoms with van der Waals surface area (Å²) in [6.07, 6.45) is 3.16. The van der Waals surface area contributed by atoms with Crippen LogP contribution in [0.15, 0.2) is 66.9 Å². The van der Waals surface area contributed by atoms with Gasteiger partial charge in [0, 0.05) is 68.4 Å². The summed E-state index contributed by atoms with van der Waals surface area (Å²) >= 11 is 0. The van der Waals surface area contributed by atoms with Crippen LogP contribution in [0.5, 0.6) is 0 Å². The molecule has 0 aliphatic carbocycles. The minimum atomic E-state index is -0.269. The summed E-state index contributed by atoms with van der Waals surface area (Å²) in [6.45, 7) is 4.60. The molecule has 7 heteroatoms. The highest BCUT2D eigenvalue weighted by Crippen LogP contribution is 2.25. The highest BCUT2D eigenvalue weighted by Gasteiger charge is 2.31. The van der Waals surface area contributed by atoms with Crippen LogP contribution >= 0.6 is 0 Å². The molecular formula is C30H30FN3O3. The molecule has 0 N–H and O–H groups in total. The van der Waals surface area contributed by atoms with Gasteiger partial charge in [0.25, 0.3) is 5.91 Å². The van der Waals surface area contributed by atoms with Gasteiger partial charge in [0.15, 0.2) is 5.78 Å². The van der Waals surface area contributed by atoms with Gasteiger partial charge >= 0.3 is 0 Å². The summed E-state index contributed by atoms with van der Waals surface area (Å²) in [6, 6.07) is 17.7. The van der Waals surface area contributed by atoms with Crippen LogP contribution in [0.25, 0.3) is 22.0 Å². The van der Waals surface area contributed by atoms with Crippen molar-refractivity contribution in [1.82, 2.24) is 14.7 Å². The molecule has 0 spiro atoms. The Bertz CT molecular complexity index is 1420. The number of ether oxygens (including phenoxy) is 1. The number of methoxy groups -OCH3 is 1. The molecule has 1 aromatic heterocycles. The summed E-state index contributed by atoms with van der Waals surface area (Å²) in [5.74, 6) is 0.200. The number of Topliss-reactive ketones (excluding diaryl/α,β-unsaturated/α-hetero) is 1. The van der Waals surface area contributed by atoms with Crippen molar-refractivity contribution < 1.29 is 18.7 Å². The van der Waals surface area contributed by atoms with E-state index in [0.717, 1.165) is 39.7 Å². The van der Waals surface area contributed by atoms with Gasteiger partial charge in [0.05, 0.1) is 5.52 Å². The van der Waals surface area contributed by atoms with Gasteiger partial charge in [-0.15, -0.1) is 0 Å². The largest absolute Gasteiger partial charge is 0.385 e. The van der Waals surface area contributed by atoms with E-state index in [9.17, 15) is 14.0 Å². The third-order valence-corrected chi connectivity index (χ3v) is 6.95. The number of carbonyl (C=O) groups is 2. The maximum absolute atomic E-state index is 13.2. The van der Waals surface area contributed by atoms with Gasteiger partial charge in [-0.1, -0.05) is 24.3 Å². The summed E-state index contributed by atoms with van der Waals surface area (Å²) in [5.41, 5.74) is 5.06. The second-order valence-corrected chi connectivity index (χ2v) is 9.76. The van der Waals surface area contributed by atoms with Crippen LogP contribution < -0.4 is 0 Å². The molecule has 3 aromatic carbocycles. The molecule has 1 amide bonds. The third kappa shape index (κ3) is 5.47. The van der Waals surface area contributed by atoms with E-state index in [1.165, 1.54) is 12.1 Å². The van der Waals surface area contributed by atoms with Crippen LogP contribution in [0.1, 0.15) is 39.1 Å². The van der Waals surface area contributed by atoms with E-state index in [-0.39, 0.29) is 17.5 Å². The fourth-order valence-electron chi connectivity index (χ4n) is 4.88. The Morgan fingerprint density at radius 2 is 1.70 bits per heavy atom. The molecule has 5 rings (SSSR count). The zero-order chi connectivity index (χ0) is 25.9. The standard InChI is InChI=1S/C30H30FN3O3/c1-20-14-28-25(15-27(20)29(35)4-3-13-37-2)19-34(32-28)18-21-16-33(17-21)30(36)24-7-5-22(6-8-24)23-9-11-26(31)12-10-23/h5-12,14-15,19,21H,3-4,13,16-18H2,1-2H3. The maximum atomic E-state index is 13.2. The molecule has 2 heterocycles. The highest BCUT2D eigenvalue weighted by molar-refractivity contribution is 6.01. The SMILES string of the molecule is COCCCC(=O)c1cc2cn(CC3CN(C(=O)c4ccc(-c5ccc(F)cc5)cc4)C3)nc2cc1C. The van der Waals surface area contributed by atoms with E-state index < -0.39 is 0 Å². The Kier molecular flexibility index (Phi) is 7.15. The molecular weight excluding hydrogens is 469 g/mol. The van der Waals surface area contributed by atoms with Crippen molar-refractivity contribution in [2.45, 2.75) is 26.3 Å². The number of aromatic nitrogens is 2. The van der Waals surface area contributed by atoms with Gasteiger partial charge in [0.1, 0.15) is 5.82 Å². The van der Waals surface area contributed by atoms with E-state index in [4.69, 9.17) is 9.84 Å².